The van der Waals surface area contributed by atoms with Gasteiger partial charge in [0.2, 0.25) is 0 Å². The van der Waals surface area contributed by atoms with Gasteiger partial charge in [-0.15, -0.1) is 0 Å². The van der Waals surface area contributed by atoms with Gasteiger partial charge in [-0.2, -0.15) is 0 Å². The van der Waals surface area contributed by atoms with Crippen molar-refractivity contribution < 1.29 is 18.0 Å². The molecule has 0 saturated carbocycles. The molecule has 0 bridgehead atoms. The number of ketones is 1. The summed E-state index contributed by atoms with van der Waals surface area (Å²) in [5.74, 6) is -2.10. The van der Waals surface area contributed by atoms with Gasteiger partial charge in [-0.05, 0) is 89.2 Å². The van der Waals surface area contributed by atoms with E-state index < -0.39 is 17.6 Å². The number of rotatable bonds is 8. The van der Waals surface area contributed by atoms with E-state index in [9.17, 15) is 18.0 Å². The Morgan fingerprint density at radius 2 is 1.63 bits per heavy atom. The zero-order valence-corrected chi connectivity index (χ0v) is 21.1. The Hall–Kier alpha value is -3.90. The number of hydrogen-bond donors (Lipinski definition) is 1. The smallest absolute Gasteiger partial charge is 0.137 e. The van der Waals surface area contributed by atoms with Crippen LogP contribution in [0, 0.1) is 17.5 Å². The molecule has 38 heavy (non-hydrogen) atoms. The number of allylic oxidation sites excluding steroid dienone is 2. The largest absolute Gasteiger partial charge is 0.384 e. The van der Waals surface area contributed by atoms with Crippen molar-refractivity contribution in [3.05, 3.63) is 124 Å². The highest BCUT2D eigenvalue weighted by atomic mass is 35.5. The first-order chi connectivity index (χ1) is 18.2. The number of Topliss-reactive ketones (excluding diaryl/α,β-unsaturated/α-hetero) is 1. The lowest BCUT2D eigenvalue weighted by molar-refractivity contribution is -0.118. The number of benzene rings is 3. The Kier molecular flexibility index (Phi) is 7.34. The molecule has 1 atom stereocenters. The van der Waals surface area contributed by atoms with Gasteiger partial charge in [-0.3, -0.25) is 4.79 Å². The number of halogens is 4. The highest BCUT2D eigenvalue weighted by Gasteiger charge is 2.25. The summed E-state index contributed by atoms with van der Waals surface area (Å²) in [4.78, 5) is 18.0. The van der Waals surface area contributed by atoms with Crippen LogP contribution in [0.5, 0.6) is 0 Å². The lowest BCUT2D eigenvalue weighted by Gasteiger charge is -2.21. The summed E-state index contributed by atoms with van der Waals surface area (Å²) < 4.78 is 42.0. The minimum Gasteiger partial charge on any atom is -0.384 e. The highest BCUT2D eigenvalue weighted by Crippen LogP contribution is 2.36. The monoisotopic (exact) mass is 532 g/mol. The third-order valence-corrected chi connectivity index (χ3v) is 6.99. The summed E-state index contributed by atoms with van der Waals surface area (Å²) in [5, 5.41) is 0.572. The maximum Gasteiger partial charge on any atom is 0.137 e. The average molecular weight is 533 g/mol. The van der Waals surface area contributed by atoms with Crippen LogP contribution >= 0.6 is 11.6 Å². The van der Waals surface area contributed by atoms with Gasteiger partial charge < -0.3 is 5.73 Å². The predicted octanol–water partition coefficient (Wildman–Crippen LogP) is 7.72. The SMILES string of the molecule is Nc1ccc(-c2ccc(Cl)cc2)c(C(CC(=O)CC2=CCc3ccc(F)cc32)Cc2cc(F)cc(F)c2)n1. The molecule has 2 N–H and O–H groups in total. The third-order valence-electron chi connectivity index (χ3n) is 6.74. The van der Waals surface area contributed by atoms with E-state index in [1.54, 1.807) is 24.3 Å². The van der Waals surface area contributed by atoms with Gasteiger partial charge in [0.1, 0.15) is 29.1 Å². The van der Waals surface area contributed by atoms with Crippen LogP contribution < -0.4 is 5.73 Å². The van der Waals surface area contributed by atoms with Gasteiger partial charge in [-0.25, -0.2) is 18.2 Å². The number of nitrogen functional groups attached to an aromatic ring is 1. The topological polar surface area (TPSA) is 56.0 Å². The Morgan fingerprint density at radius 1 is 0.895 bits per heavy atom. The minimum atomic E-state index is -0.696. The number of fused-ring (bicyclic) bond motifs is 1. The van der Waals surface area contributed by atoms with Crippen molar-refractivity contribution in [1.82, 2.24) is 4.98 Å². The molecule has 3 nitrogen and oxygen atoms in total. The van der Waals surface area contributed by atoms with Crippen molar-refractivity contribution in [2.75, 3.05) is 5.73 Å². The van der Waals surface area contributed by atoms with Gasteiger partial charge in [0.05, 0.1) is 5.69 Å². The first kappa shape index (κ1) is 25.7. The van der Waals surface area contributed by atoms with Crippen LogP contribution in [0.3, 0.4) is 0 Å². The van der Waals surface area contributed by atoms with Gasteiger partial charge in [0.25, 0.3) is 0 Å². The zero-order valence-electron chi connectivity index (χ0n) is 20.4. The molecule has 1 unspecified atom stereocenters. The lowest BCUT2D eigenvalue weighted by atomic mass is 9.85. The number of carbonyl (C=O) groups is 1. The highest BCUT2D eigenvalue weighted by molar-refractivity contribution is 6.30. The number of hydrogen-bond acceptors (Lipinski definition) is 3. The second-order valence-electron chi connectivity index (χ2n) is 9.51. The summed E-state index contributed by atoms with van der Waals surface area (Å²) in [7, 11) is 0. The normalized spacial score (nSPS) is 13.2. The summed E-state index contributed by atoms with van der Waals surface area (Å²) >= 11 is 6.08. The fourth-order valence-electron chi connectivity index (χ4n) is 5.05. The van der Waals surface area contributed by atoms with Gasteiger partial charge >= 0.3 is 0 Å². The van der Waals surface area contributed by atoms with Crippen LogP contribution in [0.2, 0.25) is 5.02 Å². The van der Waals surface area contributed by atoms with Crippen molar-refractivity contribution in [1.29, 1.82) is 0 Å². The van der Waals surface area contributed by atoms with E-state index in [1.807, 2.05) is 24.3 Å². The first-order valence-corrected chi connectivity index (χ1v) is 12.6. The van der Waals surface area contributed by atoms with E-state index in [1.165, 1.54) is 24.3 Å². The number of carbonyl (C=O) groups excluding carboxylic acids is 1. The molecule has 0 radical (unpaired) electrons. The van der Waals surface area contributed by atoms with Crippen molar-refractivity contribution >= 4 is 28.8 Å². The van der Waals surface area contributed by atoms with Gasteiger partial charge in [0, 0.05) is 35.4 Å². The molecule has 4 aromatic rings. The molecule has 0 fully saturated rings. The fraction of sp³-hybridized carbons (Fsp3) is 0.161. The van der Waals surface area contributed by atoms with E-state index in [0.717, 1.165) is 33.9 Å². The minimum absolute atomic E-state index is 0.0527. The Labute approximate surface area is 223 Å². The van der Waals surface area contributed by atoms with E-state index in [0.29, 0.717) is 22.7 Å². The van der Waals surface area contributed by atoms with E-state index in [4.69, 9.17) is 17.3 Å². The average Bonchev–Trinajstić information content (AvgIpc) is 3.25. The standard InChI is InChI=1S/C31H24ClF3N2O/c32-23-6-3-19(4-7-23)28-9-10-30(36)37-31(28)22(11-18-12-25(34)16-26(35)13-18)15-27(38)14-21-2-1-20-5-8-24(33)17-29(20)21/h2-10,12-13,16-17,22H,1,11,14-15H2,(H2,36,37). The van der Waals surface area contributed by atoms with E-state index in [2.05, 4.69) is 4.98 Å². The second-order valence-corrected chi connectivity index (χ2v) is 9.95. The number of anilines is 1. The van der Waals surface area contributed by atoms with Crippen molar-refractivity contribution in [2.45, 2.75) is 31.6 Å². The van der Waals surface area contributed by atoms with Crippen LogP contribution in [0.15, 0.2) is 78.9 Å². The summed E-state index contributed by atoms with van der Waals surface area (Å²) in [6.45, 7) is 0. The second kappa shape index (κ2) is 10.8. The summed E-state index contributed by atoms with van der Waals surface area (Å²) in [6, 6.07) is 18.6. The molecule has 0 aliphatic heterocycles. The fourth-order valence-corrected chi connectivity index (χ4v) is 5.18. The van der Waals surface area contributed by atoms with Crippen LogP contribution in [-0.4, -0.2) is 10.8 Å². The molecule has 0 spiro atoms. The molecule has 5 rings (SSSR count). The molecule has 7 heteroatoms. The number of nitrogens with zero attached hydrogens (tertiary/aromatic N) is 1. The molecule has 3 aromatic carbocycles. The Bertz CT molecular complexity index is 1530. The number of nitrogens with two attached hydrogens (primary N) is 1. The van der Waals surface area contributed by atoms with Gasteiger partial charge in [-0.1, -0.05) is 35.9 Å². The van der Waals surface area contributed by atoms with Crippen LogP contribution in [-0.2, 0) is 17.6 Å². The van der Waals surface area contributed by atoms with Crippen LogP contribution in [0.1, 0.15) is 41.1 Å². The molecule has 0 saturated heterocycles. The number of pyridine rings is 1. The Balaban J connectivity index is 1.50. The van der Waals surface area contributed by atoms with E-state index in [-0.39, 0.29) is 36.7 Å². The van der Waals surface area contributed by atoms with E-state index >= 15 is 0 Å². The molecule has 1 aliphatic carbocycles. The van der Waals surface area contributed by atoms with Crippen molar-refractivity contribution in [2.24, 2.45) is 0 Å². The maximum atomic E-state index is 14.0. The number of aromatic nitrogens is 1. The summed E-state index contributed by atoms with van der Waals surface area (Å²) in [5.41, 5.74) is 11.1. The van der Waals surface area contributed by atoms with Crippen LogP contribution in [0.25, 0.3) is 16.7 Å². The van der Waals surface area contributed by atoms with Crippen LogP contribution in [0.4, 0.5) is 19.0 Å². The Morgan fingerprint density at radius 3 is 2.37 bits per heavy atom. The molecule has 192 valence electrons. The molecule has 1 heterocycles. The molecule has 1 aliphatic rings. The summed E-state index contributed by atoms with van der Waals surface area (Å²) in [6.07, 6.45) is 2.92. The molecular weight excluding hydrogens is 509 g/mol. The third kappa shape index (κ3) is 5.81. The lowest BCUT2D eigenvalue weighted by Crippen LogP contribution is -2.14. The van der Waals surface area contributed by atoms with Gasteiger partial charge in [0.15, 0.2) is 0 Å². The predicted molar refractivity (Wildman–Crippen MR) is 144 cm³/mol. The quantitative estimate of drug-likeness (QED) is 0.253. The van der Waals surface area contributed by atoms with Crippen molar-refractivity contribution in [3.63, 3.8) is 0 Å². The van der Waals surface area contributed by atoms with Crippen molar-refractivity contribution in [3.8, 4) is 11.1 Å². The zero-order chi connectivity index (χ0) is 26.8. The molecule has 0 amide bonds. The first-order valence-electron chi connectivity index (χ1n) is 12.2. The molecular formula is C31H24ClF3N2O. The molecule has 1 aromatic heterocycles. The maximum absolute atomic E-state index is 14.0.